The van der Waals surface area contributed by atoms with Gasteiger partial charge in [0.25, 0.3) is 0 Å². The van der Waals surface area contributed by atoms with E-state index in [0.29, 0.717) is 13.1 Å². The summed E-state index contributed by atoms with van der Waals surface area (Å²) in [4.78, 5) is 17.7. The molecule has 1 saturated carbocycles. The lowest BCUT2D eigenvalue weighted by atomic mass is 10.1. The maximum Gasteiger partial charge on any atom is 0.410 e. The highest BCUT2D eigenvalue weighted by Gasteiger charge is 2.34. The first-order valence-electron chi connectivity index (χ1n) is 7.32. The summed E-state index contributed by atoms with van der Waals surface area (Å²) in [6.07, 6.45) is 2.40. The third-order valence-electron chi connectivity index (χ3n) is 3.35. The Morgan fingerprint density at radius 1 is 1.35 bits per heavy atom. The molecule has 6 heteroatoms. The van der Waals surface area contributed by atoms with E-state index in [1.807, 2.05) is 20.8 Å². The van der Waals surface area contributed by atoms with Gasteiger partial charge in [0, 0.05) is 26.7 Å². The highest BCUT2D eigenvalue weighted by atomic mass is 16.6. The number of hydrogen-bond acceptors (Lipinski definition) is 3. The van der Waals surface area contributed by atoms with Crippen LogP contribution < -0.4 is 10.6 Å². The molecule has 0 spiro atoms. The molecule has 1 aliphatic heterocycles. The average molecular weight is 282 g/mol. The number of guanidine groups is 1. The first kappa shape index (κ1) is 14.9. The van der Waals surface area contributed by atoms with Gasteiger partial charge in [-0.2, -0.15) is 0 Å². The molecule has 0 aromatic carbocycles. The quantitative estimate of drug-likeness (QED) is 0.602. The average Bonchev–Trinajstić information content (AvgIpc) is 3.07. The number of hydrogen-bond donors (Lipinski definition) is 2. The zero-order chi connectivity index (χ0) is 14.8. The van der Waals surface area contributed by atoms with Crippen LogP contribution in [-0.4, -0.2) is 55.3 Å². The number of nitrogens with zero attached hydrogens (tertiary/aromatic N) is 2. The number of rotatable bonds is 3. The zero-order valence-corrected chi connectivity index (χ0v) is 12.9. The fraction of sp³-hybridized carbons (Fsp3) is 0.857. The Morgan fingerprint density at radius 2 is 2.00 bits per heavy atom. The molecule has 0 aromatic heterocycles. The predicted molar refractivity (Wildman–Crippen MR) is 78.8 cm³/mol. The Kier molecular flexibility index (Phi) is 4.40. The molecule has 2 aliphatic rings. The molecule has 2 N–H and O–H groups in total. The van der Waals surface area contributed by atoms with Crippen LogP contribution in [-0.2, 0) is 4.74 Å². The minimum atomic E-state index is -0.433. The summed E-state index contributed by atoms with van der Waals surface area (Å²) in [7, 11) is 1.77. The van der Waals surface area contributed by atoms with Crippen molar-refractivity contribution in [2.24, 2.45) is 10.9 Å². The van der Waals surface area contributed by atoms with Gasteiger partial charge in [-0.15, -0.1) is 0 Å². The topological polar surface area (TPSA) is 66.0 Å². The monoisotopic (exact) mass is 282 g/mol. The zero-order valence-electron chi connectivity index (χ0n) is 12.9. The van der Waals surface area contributed by atoms with Gasteiger partial charge in [-0.25, -0.2) is 4.79 Å². The maximum atomic E-state index is 11.8. The van der Waals surface area contributed by atoms with E-state index in [1.54, 1.807) is 11.9 Å². The summed E-state index contributed by atoms with van der Waals surface area (Å²) in [6, 6.07) is 0.257. The second-order valence-electron chi connectivity index (χ2n) is 6.62. The fourth-order valence-electron chi connectivity index (χ4n) is 2.00. The Hall–Kier alpha value is -1.46. The maximum absolute atomic E-state index is 11.8. The molecular weight excluding hydrogens is 256 g/mol. The molecule has 0 unspecified atom stereocenters. The standard InChI is InChI=1S/C14H26N4O2/c1-14(2,3)20-13(19)18-8-11(9-18)17-12(15-4)16-7-10-5-6-10/h10-11H,5-9H2,1-4H3,(H2,15,16,17). The Labute approximate surface area is 121 Å². The van der Waals surface area contributed by atoms with Crippen molar-refractivity contribution in [1.82, 2.24) is 15.5 Å². The Bertz CT molecular complexity index is 379. The minimum Gasteiger partial charge on any atom is -0.444 e. The number of amides is 1. The molecule has 1 saturated heterocycles. The van der Waals surface area contributed by atoms with Gasteiger partial charge in [0.1, 0.15) is 5.60 Å². The molecule has 114 valence electrons. The van der Waals surface area contributed by atoms with Crippen molar-refractivity contribution in [3.05, 3.63) is 0 Å². The summed E-state index contributed by atoms with van der Waals surface area (Å²) >= 11 is 0. The Balaban J connectivity index is 1.66. The van der Waals surface area contributed by atoms with Gasteiger partial charge >= 0.3 is 6.09 Å². The van der Waals surface area contributed by atoms with Crippen molar-refractivity contribution in [2.75, 3.05) is 26.7 Å². The molecule has 0 aromatic rings. The van der Waals surface area contributed by atoms with Crippen LogP contribution in [0.2, 0.25) is 0 Å². The summed E-state index contributed by atoms with van der Waals surface area (Å²) in [5.41, 5.74) is -0.433. The predicted octanol–water partition coefficient (Wildman–Crippen LogP) is 1.18. The van der Waals surface area contributed by atoms with Crippen LogP contribution in [0.5, 0.6) is 0 Å². The molecule has 20 heavy (non-hydrogen) atoms. The van der Waals surface area contributed by atoms with Crippen LogP contribution >= 0.6 is 0 Å². The number of aliphatic imine (C=N–C) groups is 1. The summed E-state index contributed by atoms with van der Waals surface area (Å²) < 4.78 is 5.32. The molecule has 1 heterocycles. The van der Waals surface area contributed by atoms with Crippen molar-refractivity contribution in [2.45, 2.75) is 45.3 Å². The minimum absolute atomic E-state index is 0.239. The number of carbonyl (C=O) groups excluding carboxylic acids is 1. The van der Waals surface area contributed by atoms with Gasteiger partial charge in [0.15, 0.2) is 5.96 Å². The lowest BCUT2D eigenvalue weighted by Crippen LogP contribution is -2.63. The van der Waals surface area contributed by atoms with E-state index in [2.05, 4.69) is 15.6 Å². The van der Waals surface area contributed by atoms with Crippen molar-refractivity contribution < 1.29 is 9.53 Å². The van der Waals surface area contributed by atoms with Gasteiger partial charge in [-0.1, -0.05) is 0 Å². The van der Waals surface area contributed by atoms with Gasteiger partial charge in [0.05, 0.1) is 6.04 Å². The van der Waals surface area contributed by atoms with Crippen LogP contribution in [0.4, 0.5) is 4.79 Å². The fourth-order valence-corrected chi connectivity index (χ4v) is 2.00. The lowest BCUT2D eigenvalue weighted by molar-refractivity contribution is 0.00701. The van der Waals surface area contributed by atoms with E-state index in [-0.39, 0.29) is 12.1 Å². The summed E-state index contributed by atoms with van der Waals surface area (Å²) in [6.45, 7) is 7.96. The molecule has 0 bridgehead atoms. The molecule has 0 radical (unpaired) electrons. The summed E-state index contributed by atoms with van der Waals surface area (Å²) in [5, 5.41) is 6.64. The van der Waals surface area contributed by atoms with Crippen molar-refractivity contribution in [1.29, 1.82) is 0 Å². The first-order chi connectivity index (χ1) is 9.37. The van der Waals surface area contributed by atoms with Crippen LogP contribution in [0.15, 0.2) is 4.99 Å². The summed E-state index contributed by atoms with van der Waals surface area (Å²) in [5.74, 6) is 1.64. The second-order valence-corrected chi connectivity index (χ2v) is 6.62. The number of nitrogens with one attached hydrogen (secondary N) is 2. The van der Waals surface area contributed by atoms with Crippen LogP contribution in [0.25, 0.3) is 0 Å². The normalized spacial score (nSPS) is 20.4. The molecule has 1 amide bonds. The van der Waals surface area contributed by atoms with E-state index in [1.165, 1.54) is 12.8 Å². The van der Waals surface area contributed by atoms with Crippen LogP contribution in [0.3, 0.4) is 0 Å². The first-order valence-corrected chi connectivity index (χ1v) is 7.32. The lowest BCUT2D eigenvalue weighted by Gasteiger charge is -2.40. The second kappa shape index (κ2) is 5.89. The van der Waals surface area contributed by atoms with Crippen molar-refractivity contribution in [3.63, 3.8) is 0 Å². The van der Waals surface area contributed by atoms with E-state index < -0.39 is 5.60 Å². The van der Waals surface area contributed by atoms with Crippen molar-refractivity contribution >= 4 is 12.1 Å². The van der Waals surface area contributed by atoms with E-state index >= 15 is 0 Å². The number of carbonyl (C=O) groups is 1. The smallest absolute Gasteiger partial charge is 0.410 e. The highest BCUT2D eigenvalue weighted by Crippen LogP contribution is 2.27. The number of ether oxygens (including phenoxy) is 1. The van der Waals surface area contributed by atoms with Crippen LogP contribution in [0, 0.1) is 5.92 Å². The molecule has 2 rings (SSSR count). The largest absolute Gasteiger partial charge is 0.444 e. The van der Waals surface area contributed by atoms with Gasteiger partial charge < -0.3 is 20.3 Å². The van der Waals surface area contributed by atoms with Gasteiger partial charge in [0.2, 0.25) is 0 Å². The SMILES string of the molecule is CN=C(NCC1CC1)NC1CN(C(=O)OC(C)(C)C)C1. The number of likely N-dealkylation sites (tertiary alicyclic amines) is 1. The highest BCUT2D eigenvalue weighted by molar-refractivity contribution is 5.80. The van der Waals surface area contributed by atoms with E-state index in [9.17, 15) is 4.79 Å². The Morgan fingerprint density at radius 3 is 2.50 bits per heavy atom. The van der Waals surface area contributed by atoms with E-state index in [0.717, 1.165) is 18.4 Å². The molecule has 0 atom stereocenters. The van der Waals surface area contributed by atoms with Gasteiger partial charge in [-0.3, -0.25) is 4.99 Å². The third kappa shape index (κ3) is 4.58. The van der Waals surface area contributed by atoms with E-state index in [4.69, 9.17) is 4.74 Å². The van der Waals surface area contributed by atoms with Crippen molar-refractivity contribution in [3.8, 4) is 0 Å². The van der Waals surface area contributed by atoms with Gasteiger partial charge in [-0.05, 0) is 39.5 Å². The molecule has 1 aliphatic carbocycles. The molecular formula is C14H26N4O2. The molecule has 2 fully saturated rings. The molecule has 6 nitrogen and oxygen atoms in total. The van der Waals surface area contributed by atoms with Crippen LogP contribution in [0.1, 0.15) is 33.6 Å². The third-order valence-corrected chi connectivity index (χ3v) is 3.35.